The van der Waals surface area contributed by atoms with Gasteiger partial charge in [-0.15, -0.1) is 0 Å². The minimum absolute atomic E-state index is 0.0727. The molecule has 1 aliphatic rings. The molecule has 0 radical (unpaired) electrons. The fourth-order valence-electron chi connectivity index (χ4n) is 4.81. The van der Waals surface area contributed by atoms with Crippen LogP contribution in [0.1, 0.15) is 36.4 Å². The second-order valence-corrected chi connectivity index (χ2v) is 12.4. The summed E-state index contributed by atoms with van der Waals surface area (Å²) in [6.07, 6.45) is 4.93. The number of thiazole rings is 1. The summed E-state index contributed by atoms with van der Waals surface area (Å²) in [6.45, 7) is 9.46. The molecule has 0 fully saturated rings. The van der Waals surface area contributed by atoms with Crippen molar-refractivity contribution in [3.8, 4) is 16.9 Å². The summed E-state index contributed by atoms with van der Waals surface area (Å²) in [6, 6.07) is 20.4. The number of aromatic nitrogens is 1. The first kappa shape index (κ1) is 27.1. The van der Waals surface area contributed by atoms with Crippen molar-refractivity contribution in [2.45, 2.75) is 40.7 Å². The Morgan fingerprint density at radius 1 is 1.03 bits per heavy atom. The largest absolute Gasteiger partial charge is 0.439 e. The summed E-state index contributed by atoms with van der Waals surface area (Å²) in [5.41, 5.74) is 7.67. The maximum atomic E-state index is 11.7. The van der Waals surface area contributed by atoms with Gasteiger partial charge in [0.15, 0.2) is 5.75 Å². The van der Waals surface area contributed by atoms with Crippen molar-refractivity contribution in [3.05, 3.63) is 94.3 Å². The summed E-state index contributed by atoms with van der Waals surface area (Å²) in [4.78, 5) is 1.84. The summed E-state index contributed by atoms with van der Waals surface area (Å²) >= 11 is 1.76. The molecule has 5 rings (SSSR count). The zero-order valence-corrected chi connectivity index (χ0v) is 24.3. The number of rotatable bonds is 8. The lowest BCUT2D eigenvalue weighted by Crippen LogP contribution is -2.33. The highest BCUT2D eigenvalue weighted by molar-refractivity contribution is 7.85. The SMILES string of the molecule is CCC(=Cc1sc2cc(C)c(C)cc2[n+]1CC)C=C1Oc2ccc(-c3ccccc3)cc2N1CCS(=O)(=O)O. The first-order valence-corrected chi connectivity index (χ1v) is 15.5. The van der Waals surface area contributed by atoms with Crippen molar-refractivity contribution in [2.24, 2.45) is 0 Å². The van der Waals surface area contributed by atoms with Crippen molar-refractivity contribution in [1.82, 2.24) is 0 Å². The summed E-state index contributed by atoms with van der Waals surface area (Å²) in [7, 11) is -4.15. The number of hydrogen-bond acceptors (Lipinski definition) is 5. The molecule has 0 amide bonds. The van der Waals surface area contributed by atoms with Crippen molar-refractivity contribution in [3.63, 3.8) is 0 Å². The van der Waals surface area contributed by atoms with E-state index in [1.807, 2.05) is 59.5 Å². The van der Waals surface area contributed by atoms with Crippen molar-refractivity contribution < 1.29 is 22.3 Å². The Hall–Kier alpha value is -3.46. The van der Waals surface area contributed by atoms with E-state index in [9.17, 15) is 13.0 Å². The topological polar surface area (TPSA) is 70.7 Å². The highest BCUT2D eigenvalue weighted by atomic mass is 32.2. The minimum Gasteiger partial charge on any atom is -0.439 e. The second kappa shape index (κ2) is 11.0. The summed E-state index contributed by atoms with van der Waals surface area (Å²) < 4.78 is 42.7. The van der Waals surface area contributed by atoms with Crippen LogP contribution in [0.25, 0.3) is 27.4 Å². The standard InChI is InChI=1S/C31H32N2O4S2/c1-5-23(19-31-32(6-2)27-16-21(3)22(4)17-29(27)38-31)18-30-33(14-15-39(34,35)36)26-20-25(12-13-28(26)37-30)24-10-8-7-9-11-24/h7-13,16-20H,5-6,14-15H2,1-4H3/p+1. The molecule has 1 aliphatic heterocycles. The Bertz CT molecular complexity index is 1700. The smallest absolute Gasteiger partial charge is 0.266 e. The van der Waals surface area contributed by atoms with Crippen molar-refractivity contribution >= 4 is 43.4 Å². The predicted octanol–water partition coefficient (Wildman–Crippen LogP) is 6.91. The molecule has 202 valence electrons. The van der Waals surface area contributed by atoms with Gasteiger partial charge >= 0.3 is 0 Å². The fraction of sp³-hybridized carbons (Fsp3) is 0.258. The molecular formula is C31H33N2O4S2+. The predicted molar refractivity (Wildman–Crippen MR) is 160 cm³/mol. The van der Waals surface area contributed by atoms with Crippen LogP contribution in [0.5, 0.6) is 5.75 Å². The van der Waals surface area contributed by atoms with Gasteiger partial charge in [-0.05, 0) is 73.2 Å². The fourth-order valence-corrected chi connectivity index (χ4v) is 6.50. The van der Waals surface area contributed by atoms with Crippen LogP contribution in [0.2, 0.25) is 0 Å². The van der Waals surface area contributed by atoms with Gasteiger partial charge in [-0.2, -0.15) is 13.0 Å². The van der Waals surface area contributed by atoms with Gasteiger partial charge in [-0.1, -0.05) is 54.7 Å². The number of anilines is 1. The first-order valence-electron chi connectivity index (χ1n) is 13.1. The average Bonchev–Trinajstić information content (AvgIpc) is 3.42. The molecule has 0 saturated heterocycles. The number of hydrogen-bond donors (Lipinski definition) is 1. The Kier molecular flexibility index (Phi) is 7.62. The Labute approximate surface area is 234 Å². The lowest BCUT2D eigenvalue weighted by molar-refractivity contribution is -0.665. The molecule has 2 heterocycles. The molecule has 6 nitrogen and oxygen atoms in total. The molecule has 0 atom stereocenters. The third-order valence-electron chi connectivity index (χ3n) is 7.10. The van der Waals surface area contributed by atoms with E-state index >= 15 is 0 Å². The van der Waals surface area contributed by atoms with E-state index in [1.165, 1.54) is 21.3 Å². The quantitative estimate of drug-likeness (QED) is 0.187. The zero-order valence-electron chi connectivity index (χ0n) is 22.6. The van der Waals surface area contributed by atoms with E-state index in [0.29, 0.717) is 11.6 Å². The van der Waals surface area contributed by atoms with E-state index in [4.69, 9.17) is 4.74 Å². The van der Waals surface area contributed by atoms with Crippen LogP contribution in [-0.2, 0) is 16.7 Å². The molecule has 8 heteroatoms. The van der Waals surface area contributed by atoms with Crippen LogP contribution in [0.3, 0.4) is 0 Å². The number of aryl methyl sites for hydroxylation is 3. The molecule has 3 aromatic carbocycles. The number of ether oxygens (including phenoxy) is 1. The van der Waals surface area contributed by atoms with E-state index in [1.54, 1.807) is 11.3 Å². The molecule has 0 bridgehead atoms. The Morgan fingerprint density at radius 3 is 2.46 bits per heavy atom. The average molecular weight is 562 g/mol. The normalized spacial score (nSPS) is 14.7. The van der Waals surface area contributed by atoms with Gasteiger partial charge in [0.1, 0.15) is 11.2 Å². The molecular weight excluding hydrogens is 528 g/mol. The number of fused-ring (bicyclic) bond motifs is 2. The monoisotopic (exact) mass is 561 g/mol. The van der Waals surface area contributed by atoms with Gasteiger partial charge < -0.3 is 9.64 Å². The van der Waals surface area contributed by atoms with E-state index in [2.05, 4.69) is 50.5 Å². The zero-order chi connectivity index (χ0) is 27.7. The molecule has 0 unspecified atom stereocenters. The van der Waals surface area contributed by atoms with Gasteiger partial charge in [0.05, 0.1) is 11.4 Å². The van der Waals surface area contributed by atoms with Crippen LogP contribution in [0, 0.1) is 13.8 Å². The van der Waals surface area contributed by atoms with E-state index in [0.717, 1.165) is 40.4 Å². The van der Waals surface area contributed by atoms with E-state index < -0.39 is 15.9 Å². The molecule has 1 N–H and O–H groups in total. The Balaban J connectivity index is 1.56. The summed E-state index contributed by atoms with van der Waals surface area (Å²) in [5, 5.41) is 1.15. The maximum Gasteiger partial charge on any atom is 0.266 e. The first-order chi connectivity index (χ1) is 18.7. The van der Waals surface area contributed by atoms with Crippen molar-refractivity contribution in [2.75, 3.05) is 17.2 Å². The summed E-state index contributed by atoms with van der Waals surface area (Å²) in [5.74, 6) is 0.796. The van der Waals surface area contributed by atoms with Gasteiger partial charge in [0, 0.05) is 24.8 Å². The van der Waals surface area contributed by atoms with E-state index in [-0.39, 0.29) is 6.54 Å². The number of benzene rings is 3. The Morgan fingerprint density at radius 2 is 1.77 bits per heavy atom. The molecule has 0 aliphatic carbocycles. The van der Waals surface area contributed by atoms with Crippen LogP contribution in [0.15, 0.2) is 78.2 Å². The highest BCUT2D eigenvalue weighted by Gasteiger charge is 2.28. The molecule has 4 aromatic rings. The lowest BCUT2D eigenvalue weighted by atomic mass is 10.0. The minimum atomic E-state index is -4.15. The third-order valence-corrected chi connectivity index (χ3v) is 8.89. The lowest BCUT2D eigenvalue weighted by Gasteiger charge is -2.18. The van der Waals surface area contributed by atoms with Crippen LogP contribution >= 0.6 is 11.3 Å². The molecule has 0 spiro atoms. The highest BCUT2D eigenvalue weighted by Crippen LogP contribution is 2.42. The van der Waals surface area contributed by atoms with Gasteiger partial charge in [-0.3, -0.25) is 4.55 Å². The van der Waals surface area contributed by atoms with Gasteiger partial charge in [0.2, 0.25) is 11.4 Å². The van der Waals surface area contributed by atoms with Crippen LogP contribution in [-0.4, -0.2) is 25.3 Å². The second-order valence-electron chi connectivity index (χ2n) is 9.73. The molecule has 39 heavy (non-hydrogen) atoms. The third kappa shape index (κ3) is 5.78. The van der Waals surface area contributed by atoms with Crippen LogP contribution in [0.4, 0.5) is 5.69 Å². The van der Waals surface area contributed by atoms with Gasteiger partial charge in [-0.25, -0.2) is 0 Å². The van der Waals surface area contributed by atoms with Gasteiger partial charge in [0.25, 0.3) is 15.1 Å². The molecule has 1 aromatic heterocycles. The van der Waals surface area contributed by atoms with Crippen LogP contribution < -0.4 is 14.2 Å². The van der Waals surface area contributed by atoms with Crippen molar-refractivity contribution in [1.29, 1.82) is 0 Å². The number of allylic oxidation sites excluding steroid dienone is 2. The maximum absolute atomic E-state index is 11.7. The number of nitrogens with zero attached hydrogens (tertiary/aromatic N) is 2. The molecule has 0 saturated carbocycles.